The number of allylic oxidation sites excluding steroid dienone is 4. The number of fused-ring (bicyclic) bond motifs is 3. The van der Waals surface area contributed by atoms with Crippen LogP contribution in [-0.4, -0.2) is 3.21 Å². The number of hydrogen-bond acceptors (Lipinski definition) is 0. The molecule has 1 aliphatic rings. The van der Waals surface area contributed by atoms with Gasteiger partial charge in [0.05, 0.1) is 0 Å². The molecule has 1 atom stereocenters. The normalized spacial score (nSPS) is 14.0. The molecule has 0 amide bonds. The van der Waals surface area contributed by atoms with Gasteiger partial charge in [0.2, 0.25) is 0 Å². The van der Waals surface area contributed by atoms with Crippen molar-refractivity contribution in [1.82, 2.24) is 0 Å². The maximum absolute atomic E-state index is 12.7. The number of aryl methyl sites for hydroxylation is 6. The van der Waals surface area contributed by atoms with Crippen LogP contribution < -0.4 is 0 Å². The molecular weight excluding hydrogens is 890 g/mol. The standard InChI is InChI=1S/C31H29.C15H8F6.C11H17.Zr/c1-18-11-20(3)30(21(4)12-18)24-7-9-28-26(15-24)17-27-16-25(8-10-29(27)28)31-22(5)13-19(2)14-23(31)6;16-14(17,18)12-5-1-3-10(8-12)7-11-4-2-6-13(9-11)15(19,20)21;1-5-9-6-7-10(8-9)11(2,3)4;/h7-17H,1-6H3;1-6,8-9H;7-9H,5H2,1-4H3;/q-1;;-1;+2. The van der Waals surface area contributed by atoms with Crippen molar-refractivity contribution in [2.24, 2.45) is 11.3 Å². The molecule has 0 bridgehead atoms. The first-order valence-electron chi connectivity index (χ1n) is 21.5. The van der Waals surface area contributed by atoms with Gasteiger partial charge in [-0.25, -0.2) is 6.08 Å². The molecule has 0 aliphatic heterocycles. The molecule has 0 radical (unpaired) electrons. The first-order chi connectivity index (χ1) is 29.9. The molecule has 0 N–H and O–H groups in total. The Morgan fingerprint density at radius 2 is 0.984 bits per heavy atom. The van der Waals surface area contributed by atoms with Gasteiger partial charge in [-0.05, 0) is 74.9 Å². The first-order valence-corrected chi connectivity index (χ1v) is 22.7. The fourth-order valence-electron chi connectivity index (χ4n) is 8.68. The zero-order valence-electron chi connectivity index (χ0n) is 38.2. The van der Waals surface area contributed by atoms with Crippen molar-refractivity contribution in [3.8, 4) is 22.3 Å². The number of halogens is 6. The van der Waals surface area contributed by atoms with Gasteiger partial charge in [-0.2, -0.15) is 11.6 Å². The average Bonchev–Trinajstić information content (AvgIpc) is 3.85. The monoisotopic (exact) mass is 942 g/mol. The zero-order chi connectivity index (χ0) is 46.9. The molecule has 0 fully saturated rings. The number of rotatable bonds is 5. The van der Waals surface area contributed by atoms with Gasteiger partial charge in [-0.15, -0.1) is 39.7 Å². The van der Waals surface area contributed by atoms with E-state index in [1.807, 2.05) is 0 Å². The van der Waals surface area contributed by atoms with Crippen LogP contribution in [0, 0.1) is 59.0 Å². The molecule has 1 aliphatic carbocycles. The SMILES string of the molecule is CCC1[C-]=CC(C(C)(C)C)=C1.Cc1cc(C)c(-c2ccc3c(c2)[cH-]c2cc(-c4c(C)cc(C)cc4C)ccc23)c(C)c1.FC(F)(F)c1cccc([C](=[Zr+2])c2cccc(C(F)(F)F)c2)c1. The van der Waals surface area contributed by atoms with Gasteiger partial charge in [0.1, 0.15) is 0 Å². The van der Waals surface area contributed by atoms with Crippen LogP contribution in [0.5, 0.6) is 0 Å². The second-order valence-corrected chi connectivity index (χ2v) is 19.3. The third kappa shape index (κ3) is 11.3. The van der Waals surface area contributed by atoms with Gasteiger partial charge in [0.15, 0.2) is 0 Å². The third-order valence-corrected chi connectivity index (χ3v) is 13.2. The summed E-state index contributed by atoms with van der Waals surface area (Å²) in [6, 6.07) is 34.6. The molecule has 0 spiro atoms. The molecule has 0 aromatic heterocycles. The van der Waals surface area contributed by atoms with Crippen LogP contribution in [0.25, 0.3) is 43.8 Å². The van der Waals surface area contributed by atoms with Gasteiger partial charge >= 0.3 is 137 Å². The Bertz CT molecular complexity index is 2690. The summed E-state index contributed by atoms with van der Waals surface area (Å²) in [6.07, 6.45) is 0.0304. The summed E-state index contributed by atoms with van der Waals surface area (Å²) in [6.45, 7) is 22.2. The fraction of sp³-hybridized carbons (Fsp3) is 0.263. The molecule has 328 valence electrons. The summed E-state index contributed by atoms with van der Waals surface area (Å²) in [4.78, 5) is 0. The van der Waals surface area contributed by atoms with Gasteiger partial charge in [0.25, 0.3) is 0 Å². The van der Waals surface area contributed by atoms with Gasteiger partial charge in [-0.1, -0.05) is 116 Å². The Morgan fingerprint density at radius 3 is 1.31 bits per heavy atom. The Hall–Kier alpha value is -5.00. The van der Waals surface area contributed by atoms with Crippen LogP contribution in [0.15, 0.2) is 133 Å². The van der Waals surface area contributed by atoms with Crippen LogP contribution in [0.4, 0.5) is 26.3 Å². The van der Waals surface area contributed by atoms with Crippen LogP contribution in [0.2, 0.25) is 0 Å². The quantitative estimate of drug-likeness (QED) is 0.119. The Balaban J connectivity index is 0.000000179. The Labute approximate surface area is 389 Å². The zero-order valence-corrected chi connectivity index (χ0v) is 40.6. The molecule has 0 nitrogen and oxygen atoms in total. The summed E-state index contributed by atoms with van der Waals surface area (Å²) < 4.78 is 76.7. The first kappa shape index (κ1) is 48.5. The summed E-state index contributed by atoms with van der Waals surface area (Å²) in [5.41, 5.74) is 14.0. The van der Waals surface area contributed by atoms with E-state index in [0.717, 1.165) is 48.5 Å². The summed E-state index contributed by atoms with van der Waals surface area (Å²) >= 11 is 0.729. The molecule has 64 heavy (non-hydrogen) atoms. The molecular formula is C57H54F6Zr. The van der Waals surface area contributed by atoms with Gasteiger partial charge < -0.3 is 0 Å². The minimum absolute atomic E-state index is 0.271. The van der Waals surface area contributed by atoms with Crippen LogP contribution in [0.1, 0.15) is 89.8 Å². The molecule has 7 aromatic carbocycles. The molecule has 1 unspecified atom stereocenters. The van der Waals surface area contributed by atoms with Crippen molar-refractivity contribution in [2.75, 3.05) is 0 Å². The van der Waals surface area contributed by atoms with Crippen molar-refractivity contribution in [2.45, 2.75) is 88.0 Å². The van der Waals surface area contributed by atoms with Gasteiger partial charge in [0, 0.05) is 0 Å². The van der Waals surface area contributed by atoms with E-state index in [2.05, 4.69) is 154 Å². The van der Waals surface area contributed by atoms with Crippen LogP contribution in [0.3, 0.4) is 0 Å². The van der Waals surface area contributed by atoms with Crippen molar-refractivity contribution < 1.29 is 50.6 Å². The Morgan fingerprint density at radius 1 is 0.578 bits per heavy atom. The van der Waals surface area contributed by atoms with E-state index in [-0.39, 0.29) is 11.1 Å². The minimum atomic E-state index is -4.49. The van der Waals surface area contributed by atoms with E-state index in [9.17, 15) is 26.3 Å². The summed E-state index contributed by atoms with van der Waals surface area (Å²) in [5, 5.41) is 5.32. The fourth-order valence-corrected chi connectivity index (χ4v) is 9.45. The number of alkyl halides is 6. The second kappa shape index (κ2) is 19.2. The molecule has 0 saturated heterocycles. The van der Waals surface area contributed by atoms with Crippen molar-refractivity contribution in [1.29, 1.82) is 0 Å². The van der Waals surface area contributed by atoms with Gasteiger partial charge in [-0.3, -0.25) is 6.08 Å². The molecule has 7 heteroatoms. The molecule has 8 rings (SSSR count). The van der Waals surface area contributed by atoms with E-state index in [0.29, 0.717) is 14.5 Å². The van der Waals surface area contributed by atoms with E-state index in [4.69, 9.17) is 0 Å². The number of hydrogen-bond donors (Lipinski definition) is 0. The van der Waals surface area contributed by atoms with E-state index in [1.54, 1.807) is 0 Å². The van der Waals surface area contributed by atoms with Crippen molar-refractivity contribution in [3.63, 3.8) is 0 Å². The Kier molecular flexibility index (Phi) is 14.6. The van der Waals surface area contributed by atoms with Crippen LogP contribution >= 0.6 is 0 Å². The average molecular weight is 944 g/mol. The van der Waals surface area contributed by atoms with E-state index >= 15 is 0 Å². The van der Waals surface area contributed by atoms with Crippen LogP contribution in [-0.2, 0) is 36.6 Å². The van der Waals surface area contributed by atoms with E-state index in [1.165, 1.54) is 113 Å². The summed E-state index contributed by atoms with van der Waals surface area (Å²) in [7, 11) is 0. The maximum atomic E-state index is 12.7. The number of benzene rings is 6. The topological polar surface area (TPSA) is 0 Å². The van der Waals surface area contributed by atoms with Crippen molar-refractivity contribution in [3.05, 3.63) is 195 Å². The third-order valence-electron chi connectivity index (χ3n) is 11.7. The molecule has 0 heterocycles. The molecule has 0 saturated carbocycles. The molecule has 7 aromatic rings. The summed E-state index contributed by atoms with van der Waals surface area (Å²) in [5.74, 6) is 0.573. The second-order valence-electron chi connectivity index (χ2n) is 18.0. The van der Waals surface area contributed by atoms with Crippen molar-refractivity contribution >= 4 is 24.8 Å². The predicted octanol–water partition coefficient (Wildman–Crippen LogP) is 17.1. The predicted molar refractivity (Wildman–Crippen MR) is 252 cm³/mol. The van der Waals surface area contributed by atoms with E-state index < -0.39 is 23.5 Å².